The first kappa shape index (κ1) is 29.6. The maximum atomic E-state index is 13.7. The molecule has 3 saturated carbocycles. The maximum Gasteiger partial charge on any atom is 0.338 e. The van der Waals surface area contributed by atoms with Gasteiger partial charge in [0.2, 0.25) is 0 Å². The summed E-state index contributed by atoms with van der Waals surface area (Å²) in [4.78, 5) is 55.0. The van der Waals surface area contributed by atoms with E-state index in [9.17, 15) is 29.4 Å². The number of aliphatic hydroxyl groups excluding tert-OH is 1. The molecule has 0 amide bonds. The summed E-state index contributed by atoms with van der Waals surface area (Å²) in [6, 6.07) is -0.763. The number of aromatic amines is 1. The fraction of sp³-hybridized carbons (Fsp3) is 0.667. The van der Waals surface area contributed by atoms with Crippen LogP contribution >= 0.6 is 0 Å². The number of hydrogen-bond donors (Lipinski definition) is 3. The molecule has 0 bridgehead atoms. The van der Waals surface area contributed by atoms with Gasteiger partial charge in [-0.25, -0.2) is 9.59 Å². The molecular weight excluding hydrogens is 558 g/mol. The zero-order valence-corrected chi connectivity index (χ0v) is 24.4. The van der Waals surface area contributed by atoms with E-state index in [1.165, 1.54) is 10.8 Å². The van der Waals surface area contributed by atoms with Crippen LogP contribution in [0.4, 0.5) is 0 Å². The van der Waals surface area contributed by atoms with Gasteiger partial charge >= 0.3 is 11.7 Å². The van der Waals surface area contributed by atoms with Gasteiger partial charge in [0, 0.05) is 39.8 Å². The normalized spacial score (nSPS) is 41.5. The Morgan fingerprint density at radius 1 is 1.30 bits per heavy atom. The minimum Gasteiger partial charge on any atom is -0.461 e. The minimum atomic E-state index is -1.85. The van der Waals surface area contributed by atoms with E-state index in [1.54, 1.807) is 19.1 Å². The molecule has 5 aliphatic rings. The predicted molar refractivity (Wildman–Crippen MR) is 151 cm³/mol. The molecule has 43 heavy (non-hydrogen) atoms. The number of hydrogen-bond acceptors (Lipinski definition) is 9. The molecule has 0 spiro atoms. The molecule has 4 fully saturated rings. The summed E-state index contributed by atoms with van der Waals surface area (Å²) < 4.78 is 12.8. The van der Waals surface area contributed by atoms with Gasteiger partial charge in [-0.2, -0.15) is 0 Å². The third-order valence-corrected chi connectivity index (χ3v) is 11.2. The van der Waals surface area contributed by atoms with Crippen molar-refractivity contribution in [3.05, 3.63) is 66.8 Å². The highest BCUT2D eigenvalue weighted by molar-refractivity contribution is 6.01. The zero-order chi connectivity index (χ0) is 30.9. The Balaban J connectivity index is 1.19. The van der Waals surface area contributed by atoms with Crippen molar-refractivity contribution in [1.82, 2.24) is 9.55 Å². The maximum absolute atomic E-state index is 13.7. The molecule has 1 saturated heterocycles. The zero-order valence-electron chi connectivity index (χ0n) is 24.4. The Labute approximate surface area is 247 Å². The second-order valence-electron chi connectivity index (χ2n) is 13.3. The Morgan fingerprint density at radius 3 is 2.81 bits per heavy atom. The Bertz CT molecular complexity index is 1590. The number of nitrogens with one attached hydrogen (secondary N) is 1. The summed E-state index contributed by atoms with van der Waals surface area (Å²) in [5.74, 6) is -0.997. The Kier molecular flexibility index (Phi) is 7.08. The lowest BCUT2D eigenvalue weighted by atomic mass is 9.46. The highest BCUT2D eigenvalue weighted by Gasteiger charge is 2.69. The van der Waals surface area contributed by atoms with Crippen molar-refractivity contribution >= 4 is 11.8 Å². The van der Waals surface area contributed by atoms with Crippen molar-refractivity contribution in [3.63, 3.8) is 0 Å². The Hall–Kier alpha value is -3.51. The number of carbonyl (C=O) groups is 2. The van der Waals surface area contributed by atoms with Crippen molar-refractivity contribution in [2.75, 3.05) is 6.61 Å². The van der Waals surface area contributed by atoms with Crippen LogP contribution in [0.25, 0.3) is 10.4 Å². The van der Waals surface area contributed by atoms with Gasteiger partial charge in [0.05, 0.1) is 12.1 Å². The van der Waals surface area contributed by atoms with Crippen LogP contribution in [0.3, 0.4) is 0 Å². The van der Waals surface area contributed by atoms with E-state index in [1.807, 2.05) is 13.0 Å². The summed E-state index contributed by atoms with van der Waals surface area (Å²) in [7, 11) is 0. The van der Waals surface area contributed by atoms with Crippen LogP contribution in [0, 0.1) is 35.5 Å². The van der Waals surface area contributed by atoms with Crippen LogP contribution in [-0.4, -0.2) is 62.0 Å². The molecule has 13 nitrogen and oxygen atoms in total. The van der Waals surface area contributed by atoms with Gasteiger partial charge < -0.3 is 19.7 Å². The second-order valence-corrected chi connectivity index (χ2v) is 13.3. The number of fused-ring (bicyclic) bond motifs is 5. The van der Waals surface area contributed by atoms with E-state index in [4.69, 9.17) is 15.0 Å². The molecule has 6 rings (SSSR count). The first-order chi connectivity index (χ1) is 20.3. The molecule has 1 aromatic rings. The molecule has 3 N–H and O–H groups in total. The molecule has 230 valence electrons. The standard InChI is InChI=1S/C30H37N5O8/c1-15-13-35(27(40)32-25(15)38)23-11-20(33-34-31)22(43-23)14-42-26(39)30(41)9-7-19-18-5-4-16-10-17(36)6-8-28(16,2)24(18)21(37)12-29(19,30)3/h6,8,10,13,18-24,37,41H,4-5,7,9,11-12,14H2,1-3H3,(H,32,38,40)/t18?,19?,20?,21?,22?,23?,24?,28-,29-,30-/m0/s1. The summed E-state index contributed by atoms with van der Waals surface area (Å²) in [5.41, 5.74) is 5.98. The van der Waals surface area contributed by atoms with Gasteiger partial charge in [0.15, 0.2) is 11.4 Å². The van der Waals surface area contributed by atoms with E-state index in [2.05, 4.69) is 21.9 Å². The number of rotatable bonds is 5. The topological polar surface area (TPSA) is 197 Å². The third-order valence-electron chi connectivity index (χ3n) is 11.2. The number of esters is 1. The van der Waals surface area contributed by atoms with Crippen molar-refractivity contribution in [2.24, 2.45) is 33.7 Å². The summed E-state index contributed by atoms with van der Waals surface area (Å²) >= 11 is 0. The van der Waals surface area contributed by atoms with Crippen LogP contribution in [0.15, 0.2) is 44.7 Å². The number of aromatic nitrogens is 2. The summed E-state index contributed by atoms with van der Waals surface area (Å²) in [5, 5.41) is 27.3. The van der Waals surface area contributed by atoms with E-state index in [-0.39, 0.29) is 49.4 Å². The monoisotopic (exact) mass is 595 g/mol. The van der Waals surface area contributed by atoms with Gasteiger partial charge in [0.1, 0.15) is 18.9 Å². The summed E-state index contributed by atoms with van der Waals surface area (Å²) in [6.07, 6.45) is 6.55. The first-order valence-corrected chi connectivity index (χ1v) is 14.9. The number of aliphatic hydroxyl groups is 2. The molecule has 10 atom stereocenters. The van der Waals surface area contributed by atoms with Crippen molar-refractivity contribution in [3.8, 4) is 0 Å². The molecule has 1 aliphatic heterocycles. The SMILES string of the molecule is Cc1cn(C2CC(N=[N+]=[N-])C(COC(=O)[C@@]3(O)CCC4C5CCC6=CC(=O)C=C[C@]6(C)C5C(O)C[C@@]43C)O2)c(=O)[nH]c1=O. The van der Waals surface area contributed by atoms with Crippen LogP contribution in [0.2, 0.25) is 0 Å². The minimum absolute atomic E-state index is 0.0405. The second kappa shape index (κ2) is 10.3. The summed E-state index contributed by atoms with van der Waals surface area (Å²) in [6.45, 7) is 5.15. The molecule has 0 aromatic carbocycles. The molecule has 4 aliphatic carbocycles. The average Bonchev–Trinajstić information content (AvgIpc) is 3.47. The number of H-pyrrole nitrogens is 1. The van der Waals surface area contributed by atoms with Crippen LogP contribution in [-0.2, 0) is 19.1 Å². The van der Waals surface area contributed by atoms with Crippen LogP contribution in [0.5, 0.6) is 0 Å². The van der Waals surface area contributed by atoms with Crippen molar-refractivity contribution in [2.45, 2.75) is 89.4 Å². The van der Waals surface area contributed by atoms with Gasteiger partial charge in [-0.05, 0) is 68.5 Å². The number of azide groups is 1. The van der Waals surface area contributed by atoms with E-state index < -0.39 is 58.1 Å². The Morgan fingerprint density at radius 2 is 2.07 bits per heavy atom. The van der Waals surface area contributed by atoms with Gasteiger partial charge in [-0.1, -0.05) is 30.6 Å². The average molecular weight is 596 g/mol. The number of allylic oxidation sites excluding steroid dienone is 4. The van der Waals surface area contributed by atoms with Gasteiger partial charge in [-0.15, -0.1) is 0 Å². The first-order valence-electron chi connectivity index (χ1n) is 14.9. The number of nitrogens with zero attached hydrogens (tertiary/aromatic N) is 4. The van der Waals surface area contributed by atoms with E-state index >= 15 is 0 Å². The molecule has 0 radical (unpaired) electrons. The van der Waals surface area contributed by atoms with E-state index in [0.29, 0.717) is 12.0 Å². The number of aryl methyl sites for hydroxylation is 1. The van der Waals surface area contributed by atoms with Crippen LogP contribution < -0.4 is 11.2 Å². The van der Waals surface area contributed by atoms with Gasteiger partial charge in [0.25, 0.3) is 5.56 Å². The molecular formula is C30H37N5O8. The van der Waals surface area contributed by atoms with Crippen molar-refractivity contribution < 1.29 is 29.3 Å². The molecule has 7 unspecified atom stereocenters. The number of ether oxygens (including phenoxy) is 2. The predicted octanol–water partition coefficient (Wildman–Crippen LogP) is 2.36. The third kappa shape index (κ3) is 4.44. The lowest BCUT2D eigenvalue weighted by molar-refractivity contribution is -0.200. The highest BCUT2D eigenvalue weighted by atomic mass is 16.6. The molecule has 13 heteroatoms. The van der Waals surface area contributed by atoms with E-state index in [0.717, 1.165) is 18.4 Å². The lowest BCUT2D eigenvalue weighted by Gasteiger charge is -2.59. The lowest BCUT2D eigenvalue weighted by Crippen LogP contribution is -2.61. The van der Waals surface area contributed by atoms with Gasteiger partial charge in [-0.3, -0.25) is 19.1 Å². The largest absolute Gasteiger partial charge is 0.461 e. The molecule has 1 aromatic heterocycles. The number of ketones is 1. The van der Waals surface area contributed by atoms with Crippen molar-refractivity contribution in [1.29, 1.82) is 0 Å². The number of carbonyl (C=O) groups excluding carboxylic acids is 2. The fourth-order valence-corrected chi connectivity index (χ4v) is 8.97. The quantitative estimate of drug-likeness (QED) is 0.199. The highest BCUT2D eigenvalue weighted by Crippen LogP contribution is 2.67. The van der Waals surface area contributed by atoms with Crippen LogP contribution in [0.1, 0.15) is 64.2 Å². The smallest absolute Gasteiger partial charge is 0.338 e. The molecule has 2 heterocycles. The fourth-order valence-electron chi connectivity index (χ4n) is 8.97.